The first-order valence-electron chi connectivity index (χ1n) is 5.86. The maximum absolute atomic E-state index is 11.9. The highest BCUT2D eigenvalue weighted by Gasteiger charge is 2.19. The Bertz CT molecular complexity index is 694. The number of terminal acetylenes is 1. The van der Waals surface area contributed by atoms with Crippen LogP contribution in [0.4, 0.5) is 0 Å². The van der Waals surface area contributed by atoms with Crippen molar-refractivity contribution in [2.75, 3.05) is 5.75 Å². The summed E-state index contributed by atoms with van der Waals surface area (Å²) >= 11 is 1.47. The molecule has 2 aromatic rings. The van der Waals surface area contributed by atoms with Crippen LogP contribution in [0.2, 0.25) is 0 Å². The molecular weight excluding hydrogens is 248 g/mol. The van der Waals surface area contributed by atoms with Crippen LogP contribution < -0.4 is 5.56 Å². The van der Waals surface area contributed by atoms with E-state index in [2.05, 4.69) is 21.1 Å². The molecule has 6 heteroatoms. The average Bonchev–Trinajstić information content (AvgIpc) is 2.80. The first-order chi connectivity index (χ1) is 8.81. The molecule has 0 atom stereocenters. The Balaban J connectivity index is 2.23. The standard InChI is InChI=1S/C12H12N4OS/c1-2-7-18-12-15-14-11-13-10(17)8-5-3-4-6-9(8)16(11)12/h1H,3-7H2,(H,13,14,17). The zero-order valence-corrected chi connectivity index (χ0v) is 10.6. The number of nitrogens with zero attached hydrogens (tertiary/aromatic N) is 3. The number of thioether (sulfide) groups is 1. The largest absolute Gasteiger partial charge is 0.290 e. The van der Waals surface area contributed by atoms with Crippen LogP contribution in [0.5, 0.6) is 0 Å². The monoisotopic (exact) mass is 260 g/mol. The molecule has 0 saturated heterocycles. The predicted octanol–water partition coefficient (Wildman–Crippen LogP) is 1.02. The van der Waals surface area contributed by atoms with E-state index in [-0.39, 0.29) is 5.56 Å². The van der Waals surface area contributed by atoms with Crippen molar-refractivity contribution in [3.63, 3.8) is 0 Å². The smallest absolute Gasteiger partial charge is 0.255 e. The minimum absolute atomic E-state index is 0.0295. The van der Waals surface area contributed by atoms with E-state index in [1.807, 2.05) is 4.40 Å². The lowest BCUT2D eigenvalue weighted by molar-refractivity contribution is 0.639. The Labute approximate surface area is 108 Å². The molecule has 0 spiro atoms. The van der Waals surface area contributed by atoms with Crippen LogP contribution in [0.15, 0.2) is 9.95 Å². The number of hydrogen-bond acceptors (Lipinski definition) is 4. The number of rotatable bonds is 2. The van der Waals surface area contributed by atoms with Gasteiger partial charge in [0, 0.05) is 11.3 Å². The van der Waals surface area contributed by atoms with Gasteiger partial charge in [-0.2, -0.15) is 0 Å². The fraction of sp³-hybridized carbons (Fsp3) is 0.417. The minimum Gasteiger partial charge on any atom is -0.290 e. The number of hydrogen-bond donors (Lipinski definition) is 1. The molecule has 92 valence electrons. The normalized spacial score (nSPS) is 14.4. The van der Waals surface area contributed by atoms with Crippen molar-refractivity contribution in [1.29, 1.82) is 0 Å². The van der Waals surface area contributed by atoms with Crippen molar-refractivity contribution in [1.82, 2.24) is 19.6 Å². The van der Waals surface area contributed by atoms with Crippen molar-refractivity contribution in [3.8, 4) is 12.3 Å². The van der Waals surface area contributed by atoms with Gasteiger partial charge in [0.25, 0.3) is 5.56 Å². The van der Waals surface area contributed by atoms with Gasteiger partial charge in [-0.25, -0.2) is 0 Å². The predicted molar refractivity (Wildman–Crippen MR) is 69.8 cm³/mol. The van der Waals surface area contributed by atoms with Crippen LogP contribution in [-0.2, 0) is 12.8 Å². The number of aromatic nitrogens is 4. The summed E-state index contributed by atoms with van der Waals surface area (Å²) in [4.78, 5) is 14.7. The Kier molecular flexibility index (Phi) is 2.84. The molecule has 1 aliphatic rings. The second-order valence-corrected chi connectivity index (χ2v) is 5.16. The number of aromatic amines is 1. The van der Waals surface area contributed by atoms with Crippen LogP contribution in [0.25, 0.3) is 5.78 Å². The SMILES string of the molecule is C#CCSc1nnc2[nH]c(=O)c3c(n12)CCCC3. The molecule has 18 heavy (non-hydrogen) atoms. The summed E-state index contributed by atoms with van der Waals surface area (Å²) in [6, 6.07) is 0. The molecule has 0 amide bonds. The lowest BCUT2D eigenvalue weighted by Crippen LogP contribution is -2.22. The fourth-order valence-electron chi connectivity index (χ4n) is 2.35. The van der Waals surface area contributed by atoms with E-state index in [4.69, 9.17) is 6.42 Å². The second-order valence-electron chi connectivity index (χ2n) is 4.22. The van der Waals surface area contributed by atoms with E-state index in [1.54, 1.807) is 0 Å². The molecule has 3 rings (SSSR count). The quantitative estimate of drug-likeness (QED) is 0.647. The Morgan fingerprint density at radius 1 is 1.39 bits per heavy atom. The molecule has 1 aliphatic carbocycles. The van der Waals surface area contributed by atoms with Crippen LogP contribution in [0.1, 0.15) is 24.1 Å². The second kappa shape index (κ2) is 4.50. The molecular formula is C12H12N4OS. The maximum Gasteiger partial charge on any atom is 0.255 e. The molecule has 0 aromatic carbocycles. The van der Waals surface area contributed by atoms with E-state index in [9.17, 15) is 4.79 Å². The van der Waals surface area contributed by atoms with Crippen LogP contribution in [0, 0.1) is 12.3 Å². The highest BCUT2D eigenvalue weighted by molar-refractivity contribution is 7.99. The highest BCUT2D eigenvalue weighted by atomic mass is 32.2. The zero-order chi connectivity index (χ0) is 12.5. The number of fused-ring (bicyclic) bond motifs is 3. The molecule has 2 heterocycles. The molecule has 1 N–H and O–H groups in total. The molecule has 0 saturated carbocycles. The zero-order valence-electron chi connectivity index (χ0n) is 9.77. The number of H-pyrrole nitrogens is 1. The van der Waals surface area contributed by atoms with Crippen LogP contribution >= 0.6 is 11.8 Å². The summed E-state index contributed by atoms with van der Waals surface area (Å²) in [7, 11) is 0. The lowest BCUT2D eigenvalue weighted by atomic mass is 9.97. The van der Waals surface area contributed by atoms with Crippen molar-refractivity contribution in [3.05, 3.63) is 21.6 Å². The molecule has 2 aromatic heterocycles. The van der Waals surface area contributed by atoms with Crippen LogP contribution in [0.3, 0.4) is 0 Å². The molecule has 0 bridgehead atoms. The Hall–Kier alpha value is -1.74. The van der Waals surface area contributed by atoms with E-state index < -0.39 is 0 Å². The molecule has 5 nitrogen and oxygen atoms in total. The van der Waals surface area contributed by atoms with E-state index in [0.717, 1.165) is 42.1 Å². The fourth-order valence-corrected chi connectivity index (χ4v) is 2.99. The van der Waals surface area contributed by atoms with Crippen molar-refractivity contribution in [2.45, 2.75) is 30.8 Å². The average molecular weight is 260 g/mol. The Morgan fingerprint density at radius 3 is 3.06 bits per heavy atom. The minimum atomic E-state index is -0.0295. The summed E-state index contributed by atoms with van der Waals surface area (Å²) in [5.74, 6) is 3.64. The summed E-state index contributed by atoms with van der Waals surface area (Å²) in [6.07, 6.45) is 9.16. The topological polar surface area (TPSA) is 63.0 Å². The van der Waals surface area contributed by atoms with Crippen molar-refractivity contribution in [2.24, 2.45) is 0 Å². The molecule has 0 radical (unpaired) electrons. The van der Waals surface area contributed by atoms with Crippen LogP contribution in [-0.4, -0.2) is 25.3 Å². The van der Waals surface area contributed by atoms with Gasteiger partial charge in [-0.3, -0.25) is 14.2 Å². The molecule has 0 unspecified atom stereocenters. The van der Waals surface area contributed by atoms with Gasteiger partial charge in [-0.15, -0.1) is 16.6 Å². The van der Waals surface area contributed by atoms with E-state index in [0.29, 0.717) is 11.5 Å². The first-order valence-corrected chi connectivity index (χ1v) is 6.85. The maximum atomic E-state index is 11.9. The summed E-state index contributed by atoms with van der Waals surface area (Å²) in [6.45, 7) is 0. The number of nitrogens with one attached hydrogen (secondary N) is 1. The summed E-state index contributed by atoms with van der Waals surface area (Å²) in [5.41, 5.74) is 1.89. The third kappa shape index (κ3) is 1.71. The summed E-state index contributed by atoms with van der Waals surface area (Å²) in [5, 5.41) is 8.86. The number of aryl methyl sites for hydroxylation is 1. The van der Waals surface area contributed by atoms with E-state index in [1.165, 1.54) is 11.8 Å². The lowest BCUT2D eigenvalue weighted by Gasteiger charge is -2.16. The van der Waals surface area contributed by atoms with Gasteiger partial charge in [0.05, 0.1) is 5.75 Å². The Morgan fingerprint density at radius 2 is 2.22 bits per heavy atom. The van der Waals surface area contributed by atoms with Gasteiger partial charge in [0.1, 0.15) is 0 Å². The third-order valence-corrected chi connectivity index (χ3v) is 3.96. The van der Waals surface area contributed by atoms with Gasteiger partial charge in [-0.05, 0) is 25.7 Å². The van der Waals surface area contributed by atoms with Gasteiger partial charge < -0.3 is 0 Å². The van der Waals surface area contributed by atoms with E-state index >= 15 is 0 Å². The van der Waals surface area contributed by atoms with Gasteiger partial charge in [-0.1, -0.05) is 17.7 Å². The molecule has 0 aliphatic heterocycles. The van der Waals surface area contributed by atoms with Crippen molar-refractivity contribution < 1.29 is 0 Å². The third-order valence-electron chi connectivity index (χ3n) is 3.13. The highest BCUT2D eigenvalue weighted by Crippen LogP contribution is 2.23. The van der Waals surface area contributed by atoms with Gasteiger partial charge in [0.15, 0.2) is 5.16 Å². The first kappa shape index (κ1) is 11.4. The van der Waals surface area contributed by atoms with Gasteiger partial charge in [0.2, 0.25) is 5.78 Å². The summed E-state index contributed by atoms with van der Waals surface area (Å²) < 4.78 is 1.94. The molecule has 0 fully saturated rings. The van der Waals surface area contributed by atoms with Gasteiger partial charge >= 0.3 is 0 Å². The van der Waals surface area contributed by atoms with Crippen molar-refractivity contribution >= 4 is 17.5 Å².